The second kappa shape index (κ2) is 2.68. The van der Waals surface area contributed by atoms with E-state index in [2.05, 4.69) is 10.9 Å². The van der Waals surface area contributed by atoms with Gasteiger partial charge in [-0.2, -0.15) is 0 Å². The Morgan fingerprint density at radius 2 is 2.56 bits per heavy atom. The summed E-state index contributed by atoms with van der Waals surface area (Å²) in [6.45, 7) is 3.51. The van der Waals surface area contributed by atoms with Crippen molar-refractivity contribution in [2.24, 2.45) is 0 Å². The van der Waals surface area contributed by atoms with Crippen LogP contribution in [-0.2, 0) is 0 Å². The number of carbonyl (C=O) groups is 1. The first-order valence-corrected chi connectivity index (χ1v) is 3.12. The molecule has 0 unspecified atom stereocenters. The van der Waals surface area contributed by atoms with E-state index in [9.17, 15) is 4.79 Å². The van der Waals surface area contributed by atoms with Gasteiger partial charge in [0.15, 0.2) is 0 Å². The first kappa shape index (κ1) is 6.35. The summed E-state index contributed by atoms with van der Waals surface area (Å²) in [6.07, 6.45) is 1.01. The maximum atomic E-state index is 10.7. The maximum absolute atomic E-state index is 10.7. The average Bonchev–Trinajstić information content (AvgIpc) is 2.18. The Morgan fingerprint density at radius 1 is 1.78 bits per heavy atom. The molecule has 1 aliphatic rings. The van der Waals surface area contributed by atoms with Crippen LogP contribution in [0.1, 0.15) is 13.3 Å². The number of nitrogens with zero attached hydrogens (tertiary/aromatic N) is 1. The highest BCUT2D eigenvalue weighted by molar-refractivity contribution is 5.75. The van der Waals surface area contributed by atoms with Crippen molar-refractivity contribution < 1.29 is 4.79 Å². The van der Waals surface area contributed by atoms with Crippen LogP contribution >= 0.6 is 0 Å². The molecule has 0 aromatic carbocycles. The normalized spacial score (nSPS) is 18.3. The molecule has 9 heavy (non-hydrogen) atoms. The number of carbonyl (C=O) groups excluding carboxylic acids is 1. The molecule has 0 radical (unpaired) electrons. The lowest BCUT2D eigenvalue weighted by atomic mass is 10.4. The molecule has 4 heteroatoms. The molecule has 52 valence electrons. The Kier molecular flexibility index (Phi) is 1.89. The van der Waals surface area contributed by atoms with Gasteiger partial charge in [0, 0.05) is 6.54 Å². The topological polar surface area (TPSA) is 44.4 Å². The molecule has 1 heterocycles. The van der Waals surface area contributed by atoms with Crippen molar-refractivity contribution in [2.45, 2.75) is 13.3 Å². The van der Waals surface area contributed by atoms with Crippen LogP contribution in [0.5, 0.6) is 0 Å². The van der Waals surface area contributed by atoms with Crippen LogP contribution in [-0.4, -0.2) is 24.1 Å². The van der Waals surface area contributed by atoms with Gasteiger partial charge in [-0.25, -0.2) is 10.2 Å². The lowest BCUT2D eigenvalue weighted by Crippen LogP contribution is -2.29. The minimum Gasteiger partial charge on any atom is -0.309 e. The molecule has 0 saturated carbocycles. The van der Waals surface area contributed by atoms with Crippen molar-refractivity contribution in [3.8, 4) is 0 Å². The van der Waals surface area contributed by atoms with Gasteiger partial charge in [0.1, 0.15) is 0 Å². The van der Waals surface area contributed by atoms with E-state index >= 15 is 0 Å². The molecule has 2 amide bonds. The third kappa shape index (κ3) is 1.32. The van der Waals surface area contributed by atoms with Crippen molar-refractivity contribution in [3.05, 3.63) is 0 Å². The molecule has 0 spiro atoms. The summed E-state index contributed by atoms with van der Waals surface area (Å²) < 4.78 is 0. The van der Waals surface area contributed by atoms with Crippen LogP contribution in [0.2, 0.25) is 0 Å². The molecular weight excluding hydrogens is 118 g/mol. The van der Waals surface area contributed by atoms with Gasteiger partial charge in [-0.05, 0) is 6.42 Å². The van der Waals surface area contributed by atoms with Gasteiger partial charge in [-0.1, -0.05) is 6.92 Å². The van der Waals surface area contributed by atoms with Gasteiger partial charge in [-0.3, -0.25) is 5.43 Å². The minimum atomic E-state index is -0.0168. The largest absolute Gasteiger partial charge is 0.332 e. The number of rotatable bonds is 2. The molecular formula is C5H11N3O. The summed E-state index contributed by atoms with van der Waals surface area (Å²) in [7, 11) is 0. The van der Waals surface area contributed by atoms with Crippen molar-refractivity contribution in [1.82, 2.24) is 15.8 Å². The Labute approximate surface area is 54.2 Å². The lowest BCUT2D eigenvalue weighted by molar-refractivity contribution is 0.217. The smallest absolute Gasteiger partial charge is 0.309 e. The average molecular weight is 129 g/mol. The fourth-order valence-corrected chi connectivity index (χ4v) is 0.812. The van der Waals surface area contributed by atoms with E-state index in [4.69, 9.17) is 0 Å². The van der Waals surface area contributed by atoms with Gasteiger partial charge in [0.2, 0.25) is 0 Å². The molecule has 2 N–H and O–H groups in total. The van der Waals surface area contributed by atoms with Crippen LogP contribution in [0, 0.1) is 0 Å². The number of hydrazine groups is 1. The van der Waals surface area contributed by atoms with E-state index in [1.165, 1.54) is 0 Å². The molecule has 0 atom stereocenters. The third-order valence-electron chi connectivity index (χ3n) is 1.25. The summed E-state index contributed by atoms with van der Waals surface area (Å²) in [4.78, 5) is 12.4. The number of urea groups is 1. The van der Waals surface area contributed by atoms with E-state index in [0.29, 0.717) is 6.67 Å². The highest BCUT2D eigenvalue weighted by atomic mass is 16.2. The molecule has 4 nitrogen and oxygen atoms in total. The summed E-state index contributed by atoms with van der Waals surface area (Å²) in [5.41, 5.74) is 5.22. The van der Waals surface area contributed by atoms with Crippen LogP contribution in [0.15, 0.2) is 0 Å². The summed E-state index contributed by atoms with van der Waals surface area (Å²) in [5, 5.41) is 0. The van der Waals surface area contributed by atoms with E-state index in [0.717, 1.165) is 13.0 Å². The Bertz CT molecular complexity index is 115. The van der Waals surface area contributed by atoms with Crippen LogP contribution in [0.25, 0.3) is 0 Å². The van der Waals surface area contributed by atoms with Crippen LogP contribution < -0.4 is 10.9 Å². The predicted molar refractivity (Wildman–Crippen MR) is 33.5 cm³/mol. The van der Waals surface area contributed by atoms with Gasteiger partial charge < -0.3 is 4.90 Å². The summed E-state index contributed by atoms with van der Waals surface area (Å²) in [6, 6.07) is -0.0168. The van der Waals surface area contributed by atoms with Gasteiger partial charge in [-0.15, -0.1) is 0 Å². The highest BCUT2D eigenvalue weighted by Crippen LogP contribution is 1.92. The van der Waals surface area contributed by atoms with Crippen LogP contribution in [0.3, 0.4) is 0 Å². The van der Waals surface area contributed by atoms with Crippen LogP contribution in [0.4, 0.5) is 4.79 Å². The highest BCUT2D eigenvalue weighted by Gasteiger charge is 2.16. The number of hydrogen-bond donors (Lipinski definition) is 2. The fourth-order valence-electron chi connectivity index (χ4n) is 0.812. The number of nitrogens with one attached hydrogen (secondary N) is 2. The first-order chi connectivity index (χ1) is 4.34. The summed E-state index contributed by atoms with van der Waals surface area (Å²) >= 11 is 0. The zero-order valence-electron chi connectivity index (χ0n) is 5.48. The molecule has 1 aliphatic heterocycles. The van der Waals surface area contributed by atoms with E-state index in [1.54, 1.807) is 4.90 Å². The fraction of sp³-hybridized carbons (Fsp3) is 0.800. The van der Waals surface area contributed by atoms with E-state index in [-0.39, 0.29) is 6.03 Å². The molecule has 1 rings (SSSR count). The lowest BCUT2D eigenvalue weighted by Gasteiger charge is -2.09. The molecule has 1 fully saturated rings. The van der Waals surface area contributed by atoms with Crippen molar-refractivity contribution in [1.29, 1.82) is 0 Å². The molecule has 1 saturated heterocycles. The molecule has 0 aliphatic carbocycles. The standard InChI is InChI=1S/C5H11N3O/c1-2-3-8-4-6-7-5(8)9/h6H,2-4H2,1H3,(H,7,9). The maximum Gasteiger partial charge on any atom is 0.332 e. The van der Waals surface area contributed by atoms with Crippen molar-refractivity contribution >= 4 is 6.03 Å². The summed E-state index contributed by atoms with van der Waals surface area (Å²) in [5.74, 6) is 0. The molecule has 0 bridgehead atoms. The number of hydrogen-bond acceptors (Lipinski definition) is 2. The zero-order valence-corrected chi connectivity index (χ0v) is 5.48. The van der Waals surface area contributed by atoms with Crippen molar-refractivity contribution in [2.75, 3.05) is 13.2 Å². The van der Waals surface area contributed by atoms with E-state index in [1.807, 2.05) is 6.92 Å². The predicted octanol–water partition coefficient (Wildman–Crippen LogP) is -0.116. The van der Waals surface area contributed by atoms with Crippen molar-refractivity contribution in [3.63, 3.8) is 0 Å². The molecule has 0 aromatic rings. The minimum absolute atomic E-state index is 0.0168. The third-order valence-corrected chi connectivity index (χ3v) is 1.25. The van der Waals surface area contributed by atoms with Gasteiger partial charge >= 0.3 is 6.03 Å². The Balaban J connectivity index is 2.31. The van der Waals surface area contributed by atoms with Gasteiger partial charge in [0.05, 0.1) is 6.67 Å². The van der Waals surface area contributed by atoms with Gasteiger partial charge in [0.25, 0.3) is 0 Å². The monoisotopic (exact) mass is 129 g/mol. The molecule has 0 aromatic heterocycles. The number of amides is 2. The zero-order chi connectivity index (χ0) is 6.69. The second-order valence-electron chi connectivity index (χ2n) is 2.03. The van der Waals surface area contributed by atoms with E-state index < -0.39 is 0 Å². The Morgan fingerprint density at radius 3 is 3.00 bits per heavy atom. The second-order valence-corrected chi connectivity index (χ2v) is 2.03. The first-order valence-electron chi connectivity index (χ1n) is 3.12. The SMILES string of the molecule is CCCN1CNNC1=O. The quantitative estimate of drug-likeness (QED) is 0.546. The Hall–Kier alpha value is -0.770.